The molecule has 0 bridgehead atoms. The molecule has 2 aromatic carbocycles. The van der Waals surface area contributed by atoms with Crippen LogP contribution < -0.4 is 4.72 Å². The Labute approximate surface area is 164 Å². The van der Waals surface area contributed by atoms with Crippen LogP contribution in [0.2, 0.25) is 5.02 Å². The molecule has 5 nitrogen and oxygen atoms in total. The normalized spacial score (nSPS) is 11.9. The van der Waals surface area contributed by atoms with Crippen molar-refractivity contribution in [2.75, 3.05) is 0 Å². The van der Waals surface area contributed by atoms with E-state index in [-0.39, 0.29) is 11.4 Å². The molecule has 7 heteroatoms. The second-order valence-corrected chi connectivity index (χ2v) is 8.78. The van der Waals surface area contributed by atoms with Crippen LogP contribution in [-0.2, 0) is 16.6 Å². The van der Waals surface area contributed by atoms with Gasteiger partial charge in [-0.25, -0.2) is 18.1 Å². The topological polar surface area (TPSA) is 72.2 Å². The molecule has 27 heavy (non-hydrogen) atoms. The molecule has 0 spiro atoms. The maximum atomic E-state index is 12.5. The van der Waals surface area contributed by atoms with Gasteiger partial charge in [-0.1, -0.05) is 43.6 Å². The summed E-state index contributed by atoms with van der Waals surface area (Å²) in [6.45, 7) is 5.92. The summed E-state index contributed by atoms with van der Waals surface area (Å²) in [4.78, 5) is 4.63. The first kappa shape index (κ1) is 19.6. The average Bonchev–Trinajstić information content (AvgIpc) is 3.01. The zero-order valence-corrected chi connectivity index (χ0v) is 16.9. The van der Waals surface area contributed by atoms with E-state index in [1.807, 2.05) is 18.2 Å². The van der Waals surface area contributed by atoms with Crippen LogP contribution >= 0.6 is 11.6 Å². The number of hydrogen-bond donors (Lipinski definition) is 1. The lowest BCUT2D eigenvalue weighted by molar-refractivity contribution is 0.538. The molecule has 1 aromatic heterocycles. The highest BCUT2D eigenvalue weighted by molar-refractivity contribution is 7.89. The van der Waals surface area contributed by atoms with Crippen LogP contribution in [-0.4, -0.2) is 13.4 Å². The van der Waals surface area contributed by atoms with Crippen LogP contribution in [0.5, 0.6) is 0 Å². The molecule has 0 radical (unpaired) electrons. The number of nitrogens with one attached hydrogen (secondary N) is 1. The number of halogens is 1. The maximum absolute atomic E-state index is 12.5. The Hall–Kier alpha value is -2.15. The molecule has 0 saturated heterocycles. The first-order chi connectivity index (χ1) is 12.8. The monoisotopic (exact) mass is 404 g/mol. The van der Waals surface area contributed by atoms with Crippen molar-refractivity contribution in [2.24, 2.45) is 0 Å². The number of nitrogens with zero attached hydrogens (tertiary/aromatic N) is 1. The summed E-state index contributed by atoms with van der Waals surface area (Å²) < 4.78 is 33.3. The molecule has 0 fully saturated rings. The second kappa shape index (κ2) is 7.84. The minimum absolute atomic E-state index is 0.0458. The number of aryl methyl sites for hydroxylation is 1. The molecule has 0 atom stereocenters. The number of rotatable bonds is 6. The zero-order chi connectivity index (χ0) is 19.6. The van der Waals surface area contributed by atoms with Crippen molar-refractivity contribution >= 4 is 21.6 Å². The molecule has 0 unspecified atom stereocenters. The van der Waals surface area contributed by atoms with Gasteiger partial charge in [0.2, 0.25) is 15.9 Å². The summed E-state index contributed by atoms with van der Waals surface area (Å²) in [5.74, 6) is 1.31. The first-order valence-electron chi connectivity index (χ1n) is 8.58. The number of hydrogen-bond acceptors (Lipinski definition) is 4. The zero-order valence-electron chi connectivity index (χ0n) is 15.4. The van der Waals surface area contributed by atoms with Gasteiger partial charge in [-0.05, 0) is 48.7 Å². The van der Waals surface area contributed by atoms with Crippen molar-refractivity contribution < 1.29 is 12.8 Å². The van der Waals surface area contributed by atoms with Gasteiger partial charge in [0.15, 0.2) is 0 Å². The molecule has 0 saturated carbocycles. The average molecular weight is 405 g/mol. The van der Waals surface area contributed by atoms with Gasteiger partial charge in [-0.3, -0.25) is 0 Å². The molecule has 0 aliphatic rings. The fraction of sp³-hybridized carbons (Fsp3) is 0.250. The Bertz CT molecular complexity index is 1040. The molecule has 0 aliphatic carbocycles. The molecule has 3 aromatic rings. The van der Waals surface area contributed by atoms with Crippen molar-refractivity contribution in [3.63, 3.8) is 0 Å². The third-order valence-corrected chi connectivity index (χ3v) is 5.90. The highest BCUT2D eigenvalue weighted by atomic mass is 35.5. The molecule has 0 aliphatic heterocycles. The maximum Gasteiger partial charge on any atom is 0.240 e. The molecule has 142 valence electrons. The second-order valence-electron chi connectivity index (χ2n) is 6.58. The molecular formula is C20H21ClN2O3S. The van der Waals surface area contributed by atoms with Gasteiger partial charge in [-0.15, -0.1) is 0 Å². The van der Waals surface area contributed by atoms with Crippen LogP contribution in [0, 0.1) is 6.92 Å². The van der Waals surface area contributed by atoms with Crippen LogP contribution in [0.3, 0.4) is 0 Å². The Balaban J connectivity index is 1.76. The van der Waals surface area contributed by atoms with E-state index in [0.717, 1.165) is 11.1 Å². The molecule has 0 amide bonds. The van der Waals surface area contributed by atoms with Crippen LogP contribution in [0.15, 0.2) is 57.8 Å². The fourth-order valence-corrected chi connectivity index (χ4v) is 3.79. The highest BCUT2D eigenvalue weighted by Crippen LogP contribution is 2.24. The van der Waals surface area contributed by atoms with Crippen LogP contribution in [0.25, 0.3) is 11.5 Å². The summed E-state index contributed by atoms with van der Waals surface area (Å²) in [7, 11) is -3.63. The van der Waals surface area contributed by atoms with Gasteiger partial charge in [0.1, 0.15) is 5.76 Å². The summed E-state index contributed by atoms with van der Waals surface area (Å²) in [5.41, 5.74) is 2.36. The van der Waals surface area contributed by atoms with Gasteiger partial charge < -0.3 is 4.42 Å². The Morgan fingerprint density at radius 2 is 1.85 bits per heavy atom. The van der Waals surface area contributed by atoms with Crippen molar-refractivity contribution in [3.8, 4) is 11.5 Å². The van der Waals surface area contributed by atoms with Crippen molar-refractivity contribution in [1.82, 2.24) is 9.71 Å². The van der Waals surface area contributed by atoms with Gasteiger partial charge in [-0.2, -0.15) is 0 Å². The van der Waals surface area contributed by atoms with Gasteiger partial charge in [0.25, 0.3) is 0 Å². The predicted molar refractivity (Wildman–Crippen MR) is 106 cm³/mol. The van der Waals surface area contributed by atoms with Crippen LogP contribution in [0.4, 0.5) is 0 Å². The SMILES string of the molecule is Cc1oc(-c2cccc(Cl)c2)nc1CNS(=O)(=O)c1ccc(C(C)C)cc1. The number of benzene rings is 2. The molecule has 1 heterocycles. The number of oxazole rings is 1. The fourth-order valence-electron chi connectivity index (χ4n) is 2.62. The minimum Gasteiger partial charge on any atom is -0.441 e. The van der Waals surface area contributed by atoms with Crippen molar-refractivity contribution in [1.29, 1.82) is 0 Å². The first-order valence-corrected chi connectivity index (χ1v) is 10.4. The highest BCUT2D eigenvalue weighted by Gasteiger charge is 2.17. The standard InChI is InChI=1S/C20H21ClN2O3S/c1-13(2)15-7-9-18(10-8-15)27(24,25)22-12-19-14(3)26-20(23-19)16-5-4-6-17(21)11-16/h4-11,13,22H,12H2,1-3H3. The molecule has 1 N–H and O–H groups in total. The quantitative estimate of drug-likeness (QED) is 0.633. The smallest absolute Gasteiger partial charge is 0.240 e. The predicted octanol–water partition coefficient (Wildman–Crippen LogP) is 4.91. The summed E-state index contributed by atoms with van der Waals surface area (Å²) >= 11 is 6.00. The number of aromatic nitrogens is 1. The molecule has 3 rings (SSSR count). The van der Waals surface area contributed by atoms with Crippen LogP contribution in [0.1, 0.15) is 36.8 Å². The lowest BCUT2D eigenvalue weighted by Crippen LogP contribution is -2.23. The van der Waals surface area contributed by atoms with E-state index in [4.69, 9.17) is 16.0 Å². The lowest BCUT2D eigenvalue weighted by Gasteiger charge is -2.08. The van der Waals surface area contributed by atoms with E-state index in [1.165, 1.54) is 0 Å². The minimum atomic E-state index is -3.63. The van der Waals surface area contributed by atoms with Crippen molar-refractivity contribution in [2.45, 2.75) is 38.1 Å². The Morgan fingerprint density at radius 3 is 2.48 bits per heavy atom. The van der Waals surface area contributed by atoms with Gasteiger partial charge in [0.05, 0.1) is 17.1 Å². The summed E-state index contributed by atoms with van der Waals surface area (Å²) in [6, 6.07) is 14.0. The third kappa shape index (κ3) is 4.58. The van der Waals surface area contributed by atoms with E-state index in [2.05, 4.69) is 23.6 Å². The Kier molecular flexibility index (Phi) is 5.69. The largest absolute Gasteiger partial charge is 0.441 e. The van der Waals surface area contributed by atoms with Crippen molar-refractivity contribution in [3.05, 3.63) is 70.6 Å². The van der Waals surface area contributed by atoms with E-state index in [0.29, 0.717) is 28.3 Å². The van der Waals surface area contributed by atoms with Gasteiger partial charge in [0, 0.05) is 10.6 Å². The van der Waals surface area contributed by atoms with E-state index < -0.39 is 10.0 Å². The summed E-state index contributed by atoms with van der Waals surface area (Å²) in [6.07, 6.45) is 0. The summed E-state index contributed by atoms with van der Waals surface area (Å²) in [5, 5.41) is 0.579. The number of sulfonamides is 1. The van der Waals surface area contributed by atoms with E-state index >= 15 is 0 Å². The third-order valence-electron chi connectivity index (χ3n) is 4.25. The van der Waals surface area contributed by atoms with E-state index in [1.54, 1.807) is 37.3 Å². The lowest BCUT2D eigenvalue weighted by atomic mass is 10.0. The van der Waals surface area contributed by atoms with E-state index in [9.17, 15) is 8.42 Å². The molecular weight excluding hydrogens is 384 g/mol. The van der Waals surface area contributed by atoms with Gasteiger partial charge >= 0.3 is 0 Å². The Morgan fingerprint density at radius 1 is 1.15 bits per heavy atom.